The predicted molar refractivity (Wildman–Crippen MR) is 72.7 cm³/mol. The molecule has 1 aliphatic carbocycles. The monoisotopic (exact) mass is 301 g/mol. The summed E-state index contributed by atoms with van der Waals surface area (Å²) in [5, 5.41) is 5.73. The Morgan fingerprint density at radius 1 is 1.33 bits per heavy atom. The Balaban J connectivity index is 1.89. The molecule has 0 spiro atoms. The van der Waals surface area contributed by atoms with Gasteiger partial charge in [-0.1, -0.05) is 12.8 Å². The second-order valence-electron chi connectivity index (χ2n) is 5.29. The van der Waals surface area contributed by atoms with Gasteiger partial charge in [0.2, 0.25) is 5.91 Å². The minimum absolute atomic E-state index is 0.163. The number of nitrogens with zero attached hydrogens (tertiary/aromatic N) is 1. The van der Waals surface area contributed by atoms with Crippen molar-refractivity contribution in [2.75, 3.05) is 5.32 Å². The van der Waals surface area contributed by atoms with Gasteiger partial charge in [0, 0.05) is 12.2 Å². The van der Waals surface area contributed by atoms with E-state index in [0.717, 1.165) is 37.9 Å². The zero-order valence-corrected chi connectivity index (χ0v) is 11.7. The summed E-state index contributed by atoms with van der Waals surface area (Å²) in [5.41, 5.74) is -0.809. The number of carbonyl (C=O) groups excluding carboxylic acids is 1. The van der Waals surface area contributed by atoms with Crippen LogP contribution in [-0.2, 0) is 11.0 Å². The van der Waals surface area contributed by atoms with Crippen LogP contribution in [0.25, 0.3) is 0 Å². The number of nitrogens with one attached hydrogen (secondary N) is 2. The number of carbonyl (C=O) groups is 1. The van der Waals surface area contributed by atoms with Crippen molar-refractivity contribution in [1.82, 2.24) is 10.3 Å². The molecule has 1 amide bonds. The molecule has 0 aliphatic heterocycles. The molecule has 0 bridgehead atoms. The molecule has 1 aromatic heterocycles. The highest BCUT2D eigenvalue weighted by Gasteiger charge is 2.30. The molecular weight excluding hydrogens is 283 g/mol. The highest BCUT2D eigenvalue weighted by molar-refractivity contribution is 5.84. The Morgan fingerprint density at radius 3 is 2.52 bits per heavy atom. The second kappa shape index (κ2) is 6.32. The van der Waals surface area contributed by atoms with Gasteiger partial charge in [-0.15, -0.1) is 0 Å². The summed E-state index contributed by atoms with van der Waals surface area (Å²) in [6, 6.07) is 1.83. The molecule has 0 aromatic carbocycles. The van der Waals surface area contributed by atoms with Crippen LogP contribution in [0.2, 0.25) is 0 Å². The maximum atomic E-state index is 12.4. The molecule has 2 rings (SSSR count). The van der Waals surface area contributed by atoms with Crippen LogP contribution in [0, 0.1) is 0 Å². The first kappa shape index (κ1) is 15.6. The van der Waals surface area contributed by atoms with E-state index in [-0.39, 0.29) is 17.8 Å². The van der Waals surface area contributed by atoms with Gasteiger partial charge in [0.25, 0.3) is 0 Å². The van der Waals surface area contributed by atoms with E-state index in [1.54, 1.807) is 6.92 Å². The zero-order valence-electron chi connectivity index (χ0n) is 11.7. The molecule has 1 fully saturated rings. The van der Waals surface area contributed by atoms with Crippen LogP contribution in [0.4, 0.5) is 19.0 Å². The van der Waals surface area contributed by atoms with Gasteiger partial charge >= 0.3 is 6.18 Å². The van der Waals surface area contributed by atoms with Crippen LogP contribution in [0.5, 0.6) is 0 Å². The van der Waals surface area contributed by atoms with Crippen LogP contribution >= 0.6 is 0 Å². The summed E-state index contributed by atoms with van der Waals surface area (Å²) in [6.07, 6.45) is 0.551. The van der Waals surface area contributed by atoms with Crippen molar-refractivity contribution in [3.63, 3.8) is 0 Å². The Morgan fingerprint density at radius 2 is 2.00 bits per heavy atom. The molecule has 7 heteroatoms. The standard InChI is InChI=1S/C14H18F3N3O/c1-9(13(21)20-11-4-2-3-5-11)19-12-7-6-10(8-18-12)14(15,16)17/h6-9,11H,2-5H2,1H3,(H,18,19)(H,20,21). The van der Waals surface area contributed by atoms with Crippen molar-refractivity contribution in [1.29, 1.82) is 0 Å². The summed E-state index contributed by atoms with van der Waals surface area (Å²) in [5.74, 6) is 0.0840. The molecule has 0 radical (unpaired) electrons. The summed E-state index contributed by atoms with van der Waals surface area (Å²) in [7, 11) is 0. The molecular formula is C14H18F3N3O. The minimum Gasteiger partial charge on any atom is -0.359 e. The number of amides is 1. The van der Waals surface area contributed by atoms with Crippen molar-refractivity contribution in [3.8, 4) is 0 Å². The van der Waals surface area contributed by atoms with Crippen molar-refractivity contribution in [3.05, 3.63) is 23.9 Å². The SMILES string of the molecule is CC(Nc1ccc(C(F)(F)F)cn1)C(=O)NC1CCCC1. The number of rotatable bonds is 4. The Kier molecular flexibility index (Phi) is 4.69. The van der Waals surface area contributed by atoms with Crippen LogP contribution < -0.4 is 10.6 Å². The van der Waals surface area contributed by atoms with Crippen molar-refractivity contribution >= 4 is 11.7 Å². The zero-order chi connectivity index (χ0) is 15.5. The lowest BCUT2D eigenvalue weighted by Gasteiger charge is -2.18. The molecule has 1 aliphatic rings. The predicted octanol–water partition coefficient (Wildman–Crippen LogP) is 2.96. The first-order chi connectivity index (χ1) is 9.86. The average molecular weight is 301 g/mol. The molecule has 1 unspecified atom stereocenters. The van der Waals surface area contributed by atoms with Crippen molar-refractivity contribution < 1.29 is 18.0 Å². The number of anilines is 1. The van der Waals surface area contributed by atoms with E-state index in [1.807, 2.05) is 0 Å². The number of hydrogen-bond donors (Lipinski definition) is 2. The third-order valence-electron chi connectivity index (χ3n) is 3.55. The molecule has 1 aromatic rings. The first-order valence-electron chi connectivity index (χ1n) is 6.96. The lowest BCUT2D eigenvalue weighted by Crippen LogP contribution is -2.42. The molecule has 0 saturated heterocycles. The van der Waals surface area contributed by atoms with Crippen LogP contribution in [0.15, 0.2) is 18.3 Å². The van der Waals surface area contributed by atoms with E-state index in [2.05, 4.69) is 15.6 Å². The van der Waals surface area contributed by atoms with Gasteiger partial charge in [-0.25, -0.2) is 4.98 Å². The quantitative estimate of drug-likeness (QED) is 0.899. The Hall–Kier alpha value is -1.79. The summed E-state index contributed by atoms with van der Waals surface area (Å²) >= 11 is 0. The fraction of sp³-hybridized carbons (Fsp3) is 0.571. The van der Waals surface area contributed by atoms with Gasteiger partial charge in [-0.05, 0) is 31.9 Å². The first-order valence-corrected chi connectivity index (χ1v) is 6.96. The average Bonchev–Trinajstić information content (AvgIpc) is 2.91. The Bertz CT molecular complexity index is 481. The summed E-state index contributed by atoms with van der Waals surface area (Å²) in [4.78, 5) is 15.6. The fourth-order valence-electron chi connectivity index (χ4n) is 2.33. The van der Waals surface area contributed by atoms with E-state index in [0.29, 0.717) is 0 Å². The summed E-state index contributed by atoms with van der Waals surface area (Å²) < 4.78 is 37.2. The van der Waals surface area contributed by atoms with Crippen LogP contribution in [0.1, 0.15) is 38.2 Å². The van der Waals surface area contributed by atoms with Gasteiger partial charge in [-0.3, -0.25) is 4.79 Å². The number of alkyl halides is 3. The van der Waals surface area contributed by atoms with E-state index < -0.39 is 17.8 Å². The molecule has 1 atom stereocenters. The van der Waals surface area contributed by atoms with Gasteiger partial charge in [-0.2, -0.15) is 13.2 Å². The number of aromatic nitrogens is 1. The number of halogens is 3. The molecule has 1 saturated carbocycles. The second-order valence-corrected chi connectivity index (χ2v) is 5.29. The van der Waals surface area contributed by atoms with Gasteiger partial charge < -0.3 is 10.6 Å². The minimum atomic E-state index is -4.41. The van der Waals surface area contributed by atoms with Gasteiger partial charge in [0.1, 0.15) is 11.9 Å². The third-order valence-corrected chi connectivity index (χ3v) is 3.55. The number of pyridine rings is 1. The fourth-order valence-corrected chi connectivity index (χ4v) is 2.33. The van der Waals surface area contributed by atoms with Gasteiger partial charge in [0.05, 0.1) is 5.56 Å². The van der Waals surface area contributed by atoms with E-state index in [1.165, 1.54) is 6.07 Å². The maximum Gasteiger partial charge on any atom is 0.417 e. The van der Waals surface area contributed by atoms with E-state index in [9.17, 15) is 18.0 Å². The highest BCUT2D eigenvalue weighted by atomic mass is 19.4. The molecule has 21 heavy (non-hydrogen) atoms. The maximum absolute atomic E-state index is 12.4. The van der Waals surface area contributed by atoms with Crippen LogP contribution in [0.3, 0.4) is 0 Å². The molecule has 4 nitrogen and oxygen atoms in total. The topological polar surface area (TPSA) is 54.0 Å². The lowest BCUT2D eigenvalue weighted by atomic mass is 10.2. The lowest BCUT2D eigenvalue weighted by molar-refractivity contribution is -0.137. The van der Waals surface area contributed by atoms with E-state index in [4.69, 9.17) is 0 Å². The van der Waals surface area contributed by atoms with Gasteiger partial charge in [0.15, 0.2) is 0 Å². The molecule has 1 heterocycles. The third kappa shape index (κ3) is 4.34. The van der Waals surface area contributed by atoms with Crippen molar-refractivity contribution in [2.45, 2.75) is 50.9 Å². The van der Waals surface area contributed by atoms with E-state index >= 15 is 0 Å². The highest BCUT2D eigenvalue weighted by Crippen LogP contribution is 2.28. The molecule has 116 valence electrons. The largest absolute Gasteiger partial charge is 0.417 e. The van der Waals surface area contributed by atoms with Crippen molar-refractivity contribution in [2.24, 2.45) is 0 Å². The molecule has 2 N–H and O–H groups in total. The van der Waals surface area contributed by atoms with Crippen LogP contribution in [-0.4, -0.2) is 23.0 Å². The summed E-state index contributed by atoms with van der Waals surface area (Å²) in [6.45, 7) is 1.66. The number of hydrogen-bond acceptors (Lipinski definition) is 3. The smallest absolute Gasteiger partial charge is 0.359 e. The normalized spacial score (nSPS) is 17.5. The Labute approximate surface area is 121 Å².